The molecule has 2 N–H and O–H groups in total. The molecular weight excluding hydrogens is 282 g/mol. The van der Waals surface area contributed by atoms with E-state index in [-0.39, 0.29) is 13.2 Å². The van der Waals surface area contributed by atoms with Crippen molar-refractivity contribution in [3.8, 4) is 0 Å². The molecular formula is C16H23N3O3. The van der Waals surface area contributed by atoms with E-state index in [1.807, 2.05) is 12.1 Å². The number of nitrogens with one attached hydrogen (secondary N) is 1. The maximum absolute atomic E-state index is 11.8. The normalized spacial score (nSPS) is 14.5. The van der Waals surface area contributed by atoms with Crippen LogP contribution >= 0.6 is 0 Å². The van der Waals surface area contributed by atoms with Crippen LogP contribution in [0.2, 0.25) is 0 Å². The highest BCUT2D eigenvalue weighted by atomic mass is 16.3. The van der Waals surface area contributed by atoms with E-state index in [1.165, 1.54) is 31.2 Å². The zero-order valence-electron chi connectivity index (χ0n) is 12.9. The molecule has 1 fully saturated rings. The van der Waals surface area contributed by atoms with Gasteiger partial charge in [0.1, 0.15) is 0 Å². The topological polar surface area (TPSA) is 72.9 Å². The minimum atomic E-state index is -0.693. The van der Waals surface area contributed by atoms with Crippen LogP contribution in [0.4, 0.5) is 11.4 Å². The number of likely N-dealkylation sites (N-methyl/N-ethyl adjacent to an activating group) is 1. The average molecular weight is 305 g/mol. The maximum Gasteiger partial charge on any atom is 0.313 e. The molecule has 120 valence electrons. The summed E-state index contributed by atoms with van der Waals surface area (Å²) in [5, 5.41) is 11.4. The number of hydrogen-bond donors (Lipinski definition) is 2. The number of carbonyl (C=O) groups excluding carboxylic acids is 2. The summed E-state index contributed by atoms with van der Waals surface area (Å²) >= 11 is 0. The molecule has 0 atom stereocenters. The second kappa shape index (κ2) is 7.79. The molecule has 1 aliphatic heterocycles. The number of piperidine rings is 1. The van der Waals surface area contributed by atoms with Crippen molar-refractivity contribution in [2.75, 3.05) is 43.5 Å². The minimum Gasteiger partial charge on any atom is -0.395 e. The quantitative estimate of drug-likeness (QED) is 0.816. The highest BCUT2D eigenvalue weighted by Crippen LogP contribution is 2.21. The number of aliphatic hydroxyl groups excluding tert-OH is 1. The maximum atomic E-state index is 11.8. The highest BCUT2D eigenvalue weighted by Gasteiger charge is 2.18. The molecule has 2 amide bonds. The van der Waals surface area contributed by atoms with Crippen LogP contribution in [0.15, 0.2) is 24.3 Å². The van der Waals surface area contributed by atoms with Crippen molar-refractivity contribution in [1.82, 2.24) is 4.90 Å². The van der Waals surface area contributed by atoms with E-state index in [2.05, 4.69) is 10.2 Å². The molecule has 0 spiro atoms. The Labute approximate surface area is 130 Å². The fourth-order valence-electron chi connectivity index (χ4n) is 2.52. The van der Waals surface area contributed by atoms with Crippen molar-refractivity contribution < 1.29 is 14.7 Å². The first-order chi connectivity index (χ1) is 10.6. The van der Waals surface area contributed by atoms with Crippen molar-refractivity contribution in [1.29, 1.82) is 0 Å². The third kappa shape index (κ3) is 4.21. The van der Waals surface area contributed by atoms with Crippen LogP contribution in [0.5, 0.6) is 0 Å². The van der Waals surface area contributed by atoms with Gasteiger partial charge in [0.15, 0.2) is 0 Å². The lowest BCUT2D eigenvalue weighted by Crippen LogP contribution is -2.38. The summed E-state index contributed by atoms with van der Waals surface area (Å²) in [6.45, 7) is 2.10. The van der Waals surface area contributed by atoms with Crippen molar-refractivity contribution in [3.63, 3.8) is 0 Å². The first-order valence-corrected chi connectivity index (χ1v) is 7.64. The molecule has 0 radical (unpaired) electrons. The number of aliphatic hydroxyl groups is 1. The summed E-state index contributed by atoms with van der Waals surface area (Å²) in [7, 11) is 1.48. The van der Waals surface area contributed by atoms with E-state index < -0.39 is 11.8 Å². The van der Waals surface area contributed by atoms with Gasteiger partial charge in [-0.15, -0.1) is 0 Å². The molecule has 0 aliphatic carbocycles. The first kappa shape index (κ1) is 16.3. The highest BCUT2D eigenvalue weighted by molar-refractivity contribution is 6.39. The van der Waals surface area contributed by atoms with Crippen molar-refractivity contribution >= 4 is 23.2 Å². The first-order valence-electron chi connectivity index (χ1n) is 7.64. The van der Waals surface area contributed by atoms with Crippen LogP contribution in [0.3, 0.4) is 0 Å². The van der Waals surface area contributed by atoms with Crippen LogP contribution in [0.25, 0.3) is 0 Å². The summed E-state index contributed by atoms with van der Waals surface area (Å²) in [6.07, 6.45) is 3.71. The molecule has 0 unspecified atom stereocenters. The van der Waals surface area contributed by atoms with E-state index in [0.29, 0.717) is 5.69 Å². The minimum absolute atomic E-state index is 0.139. The Morgan fingerprint density at radius 3 is 2.41 bits per heavy atom. The number of hydrogen-bond acceptors (Lipinski definition) is 4. The molecule has 1 aromatic rings. The molecule has 6 nitrogen and oxygen atoms in total. The Morgan fingerprint density at radius 2 is 1.82 bits per heavy atom. The predicted molar refractivity (Wildman–Crippen MR) is 85.9 cm³/mol. The van der Waals surface area contributed by atoms with Gasteiger partial charge in [0, 0.05) is 38.1 Å². The summed E-state index contributed by atoms with van der Waals surface area (Å²) in [4.78, 5) is 27.1. The number of nitrogens with zero attached hydrogens (tertiary/aromatic N) is 2. The fraction of sp³-hybridized carbons (Fsp3) is 0.500. The van der Waals surface area contributed by atoms with Crippen LogP contribution in [-0.4, -0.2) is 55.1 Å². The van der Waals surface area contributed by atoms with Crippen molar-refractivity contribution in [2.45, 2.75) is 19.3 Å². The third-order valence-electron chi connectivity index (χ3n) is 3.82. The van der Waals surface area contributed by atoms with E-state index in [9.17, 15) is 9.59 Å². The van der Waals surface area contributed by atoms with Crippen LogP contribution in [0.1, 0.15) is 19.3 Å². The third-order valence-corrected chi connectivity index (χ3v) is 3.82. The fourth-order valence-corrected chi connectivity index (χ4v) is 2.52. The van der Waals surface area contributed by atoms with Gasteiger partial charge in [-0.25, -0.2) is 0 Å². The zero-order valence-corrected chi connectivity index (χ0v) is 12.9. The molecule has 0 saturated carbocycles. The molecule has 1 heterocycles. The standard InChI is InChI=1S/C16H23N3O3/c1-18(11-12-20)16(22)15(21)17-13-5-7-14(8-6-13)19-9-3-2-4-10-19/h5-8,20H,2-4,9-12H2,1H3,(H,17,21). The van der Waals surface area contributed by atoms with Gasteiger partial charge in [-0.05, 0) is 43.5 Å². The Balaban J connectivity index is 1.93. The predicted octanol–water partition coefficient (Wildman–Crippen LogP) is 1.07. The van der Waals surface area contributed by atoms with Crippen molar-refractivity contribution in [2.24, 2.45) is 0 Å². The van der Waals surface area contributed by atoms with E-state index >= 15 is 0 Å². The SMILES string of the molecule is CN(CCO)C(=O)C(=O)Nc1ccc(N2CCCCC2)cc1. The Morgan fingerprint density at radius 1 is 1.18 bits per heavy atom. The van der Waals surface area contributed by atoms with E-state index in [4.69, 9.17) is 5.11 Å². The molecule has 6 heteroatoms. The Hall–Kier alpha value is -2.08. The molecule has 22 heavy (non-hydrogen) atoms. The van der Waals surface area contributed by atoms with Crippen LogP contribution in [0, 0.1) is 0 Å². The smallest absolute Gasteiger partial charge is 0.313 e. The van der Waals surface area contributed by atoms with Gasteiger partial charge in [0.2, 0.25) is 0 Å². The van der Waals surface area contributed by atoms with Crippen molar-refractivity contribution in [3.05, 3.63) is 24.3 Å². The average Bonchev–Trinajstić information content (AvgIpc) is 2.56. The summed E-state index contributed by atoms with van der Waals surface area (Å²) in [5.74, 6) is -1.35. The summed E-state index contributed by atoms with van der Waals surface area (Å²) < 4.78 is 0. The number of anilines is 2. The summed E-state index contributed by atoms with van der Waals surface area (Å²) in [6, 6.07) is 7.54. The molecule has 0 aromatic heterocycles. The Bertz CT molecular complexity index is 510. The largest absolute Gasteiger partial charge is 0.395 e. The second-order valence-electron chi connectivity index (χ2n) is 5.50. The van der Waals surface area contributed by atoms with Gasteiger partial charge in [0.25, 0.3) is 0 Å². The lowest BCUT2D eigenvalue weighted by atomic mass is 10.1. The van der Waals surface area contributed by atoms with Crippen LogP contribution in [-0.2, 0) is 9.59 Å². The van der Waals surface area contributed by atoms with Gasteiger partial charge in [-0.2, -0.15) is 0 Å². The van der Waals surface area contributed by atoms with Gasteiger partial charge in [0.05, 0.1) is 6.61 Å². The van der Waals surface area contributed by atoms with E-state index in [0.717, 1.165) is 18.8 Å². The molecule has 1 aromatic carbocycles. The summed E-state index contributed by atoms with van der Waals surface area (Å²) in [5.41, 5.74) is 1.73. The second-order valence-corrected chi connectivity index (χ2v) is 5.50. The zero-order chi connectivity index (χ0) is 15.9. The molecule has 2 rings (SSSR count). The van der Waals surface area contributed by atoms with Gasteiger partial charge in [-0.3, -0.25) is 9.59 Å². The Kier molecular flexibility index (Phi) is 5.77. The van der Waals surface area contributed by atoms with Gasteiger partial charge < -0.3 is 20.2 Å². The molecule has 1 aliphatic rings. The number of amides is 2. The molecule has 1 saturated heterocycles. The number of rotatable bonds is 4. The van der Waals surface area contributed by atoms with E-state index in [1.54, 1.807) is 12.1 Å². The van der Waals surface area contributed by atoms with Gasteiger partial charge in [-0.1, -0.05) is 0 Å². The van der Waals surface area contributed by atoms with Crippen LogP contribution < -0.4 is 10.2 Å². The van der Waals surface area contributed by atoms with Gasteiger partial charge >= 0.3 is 11.8 Å². The number of carbonyl (C=O) groups is 2. The lowest BCUT2D eigenvalue weighted by molar-refractivity contribution is -0.142. The monoisotopic (exact) mass is 305 g/mol. The molecule has 0 bridgehead atoms. The lowest BCUT2D eigenvalue weighted by Gasteiger charge is -2.28. The number of benzene rings is 1.